The molecule has 2 heterocycles. The number of alkyl halides is 3. The highest BCUT2D eigenvalue weighted by Crippen LogP contribution is 2.42. The molecule has 0 saturated carbocycles. The molecule has 0 aromatic carbocycles. The van der Waals surface area contributed by atoms with Crippen LogP contribution in [0.5, 0.6) is 0 Å². The van der Waals surface area contributed by atoms with Crippen LogP contribution >= 0.6 is 23.4 Å². The van der Waals surface area contributed by atoms with E-state index in [2.05, 4.69) is 4.99 Å². The maximum atomic E-state index is 13.1. The normalized spacial score (nSPS) is 24.3. The number of carbonyl (C=O) groups is 1. The summed E-state index contributed by atoms with van der Waals surface area (Å²) < 4.78 is 44.8. The SMILES string of the molecule is O=C(O)C1=CC2=CC(Cl)=C(C3=NCCS3)OC2=CC1C(F)(F)F. The van der Waals surface area contributed by atoms with E-state index in [1.54, 1.807) is 0 Å². The Morgan fingerprint density at radius 2 is 2.17 bits per heavy atom. The van der Waals surface area contributed by atoms with E-state index in [-0.39, 0.29) is 22.1 Å². The minimum absolute atomic E-state index is 0.0630. The predicted molar refractivity (Wildman–Crippen MR) is 80.2 cm³/mol. The summed E-state index contributed by atoms with van der Waals surface area (Å²) in [6, 6.07) is 0. The lowest BCUT2D eigenvalue weighted by atomic mass is 9.88. The Kier molecular flexibility index (Phi) is 4.05. The Labute approximate surface area is 138 Å². The standard InChI is InChI=1S/C14H9ClF3NO3S/c15-9-4-6-3-7(13(20)21)8(14(16,17)18)5-10(6)22-11(9)12-19-1-2-23-12/h3-5,8H,1-2H2,(H,20,21). The topological polar surface area (TPSA) is 58.9 Å². The molecule has 0 amide bonds. The molecule has 9 heteroatoms. The van der Waals surface area contributed by atoms with Crippen LogP contribution in [0.25, 0.3) is 0 Å². The third-order valence-corrected chi connectivity index (χ3v) is 4.59. The quantitative estimate of drug-likeness (QED) is 0.814. The zero-order chi connectivity index (χ0) is 16.8. The van der Waals surface area contributed by atoms with E-state index in [1.807, 2.05) is 0 Å². The fourth-order valence-corrected chi connectivity index (χ4v) is 3.46. The van der Waals surface area contributed by atoms with Crippen LogP contribution in [0.2, 0.25) is 0 Å². The number of aliphatic carboxylic acids is 1. The first-order valence-electron chi connectivity index (χ1n) is 6.48. The average Bonchev–Trinajstić information content (AvgIpc) is 2.98. The van der Waals surface area contributed by atoms with Gasteiger partial charge in [0.2, 0.25) is 0 Å². The number of halogens is 4. The lowest BCUT2D eigenvalue weighted by molar-refractivity contribution is -0.159. The van der Waals surface area contributed by atoms with Crippen LogP contribution in [-0.2, 0) is 9.53 Å². The third kappa shape index (κ3) is 3.05. The molecule has 3 rings (SSSR count). The van der Waals surface area contributed by atoms with Gasteiger partial charge in [-0.1, -0.05) is 11.6 Å². The van der Waals surface area contributed by atoms with Gasteiger partial charge in [-0.3, -0.25) is 4.99 Å². The van der Waals surface area contributed by atoms with E-state index in [1.165, 1.54) is 17.8 Å². The number of carboxylic acids is 1. The smallest absolute Gasteiger partial charge is 0.399 e. The fourth-order valence-electron chi connectivity index (χ4n) is 2.32. The molecule has 0 aromatic heterocycles. The van der Waals surface area contributed by atoms with Crippen LogP contribution < -0.4 is 0 Å². The number of allylic oxidation sites excluding steroid dienone is 4. The molecule has 0 radical (unpaired) electrons. The number of carboxylic acid groups (broad SMARTS) is 1. The van der Waals surface area contributed by atoms with Gasteiger partial charge in [0.15, 0.2) is 5.76 Å². The number of thioether (sulfide) groups is 1. The van der Waals surface area contributed by atoms with Crippen molar-refractivity contribution in [2.75, 3.05) is 12.3 Å². The van der Waals surface area contributed by atoms with E-state index in [0.29, 0.717) is 11.6 Å². The highest BCUT2D eigenvalue weighted by molar-refractivity contribution is 8.14. The van der Waals surface area contributed by atoms with Crippen molar-refractivity contribution in [1.82, 2.24) is 0 Å². The third-order valence-electron chi connectivity index (χ3n) is 3.34. The summed E-state index contributed by atoms with van der Waals surface area (Å²) in [4.78, 5) is 15.3. The molecular weight excluding hydrogens is 355 g/mol. The van der Waals surface area contributed by atoms with Gasteiger partial charge in [0.1, 0.15) is 16.7 Å². The maximum absolute atomic E-state index is 13.1. The molecule has 0 spiro atoms. The average molecular weight is 364 g/mol. The molecule has 1 aliphatic carbocycles. The Morgan fingerprint density at radius 3 is 2.74 bits per heavy atom. The first-order chi connectivity index (χ1) is 10.8. The van der Waals surface area contributed by atoms with Crippen molar-refractivity contribution in [2.45, 2.75) is 6.18 Å². The molecule has 0 fully saturated rings. The molecule has 4 nitrogen and oxygen atoms in total. The van der Waals surface area contributed by atoms with Crippen molar-refractivity contribution in [3.63, 3.8) is 0 Å². The fraction of sp³-hybridized carbons (Fsp3) is 0.286. The van der Waals surface area contributed by atoms with E-state index in [9.17, 15) is 18.0 Å². The van der Waals surface area contributed by atoms with Gasteiger partial charge in [-0.15, -0.1) is 11.8 Å². The number of fused-ring (bicyclic) bond motifs is 1. The van der Waals surface area contributed by atoms with E-state index in [0.717, 1.165) is 17.9 Å². The predicted octanol–water partition coefficient (Wildman–Crippen LogP) is 3.63. The molecule has 122 valence electrons. The number of nitrogens with zero attached hydrogens (tertiary/aromatic N) is 1. The molecule has 1 atom stereocenters. The minimum Gasteiger partial charge on any atom is -0.478 e. The van der Waals surface area contributed by atoms with Crippen molar-refractivity contribution < 1.29 is 27.8 Å². The van der Waals surface area contributed by atoms with Crippen molar-refractivity contribution in [2.24, 2.45) is 10.9 Å². The summed E-state index contributed by atoms with van der Waals surface area (Å²) in [7, 11) is 0. The van der Waals surface area contributed by atoms with Crippen LogP contribution in [-0.4, -0.2) is 34.6 Å². The zero-order valence-corrected chi connectivity index (χ0v) is 12.9. The van der Waals surface area contributed by atoms with Crippen LogP contribution in [0.15, 0.2) is 50.9 Å². The van der Waals surface area contributed by atoms with Crippen molar-refractivity contribution >= 4 is 34.4 Å². The molecule has 0 aromatic rings. The highest BCUT2D eigenvalue weighted by Gasteiger charge is 2.46. The minimum atomic E-state index is -4.73. The highest BCUT2D eigenvalue weighted by atomic mass is 35.5. The lowest BCUT2D eigenvalue weighted by Crippen LogP contribution is -2.30. The van der Waals surface area contributed by atoms with Crippen LogP contribution in [0.4, 0.5) is 13.2 Å². The van der Waals surface area contributed by atoms with Gasteiger partial charge in [-0.25, -0.2) is 4.79 Å². The molecule has 3 aliphatic rings. The Hall–Kier alpha value is -1.67. The molecule has 1 N–H and O–H groups in total. The summed E-state index contributed by atoms with van der Waals surface area (Å²) >= 11 is 7.49. The Morgan fingerprint density at radius 1 is 1.43 bits per heavy atom. The Bertz CT molecular complexity index is 734. The van der Waals surface area contributed by atoms with E-state index in [4.69, 9.17) is 21.4 Å². The first-order valence-corrected chi connectivity index (χ1v) is 7.84. The Balaban J connectivity index is 2.05. The number of ether oxygens (including phenoxy) is 1. The maximum Gasteiger partial charge on any atom is 0.399 e. The number of rotatable bonds is 2. The van der Waals surface area contributed by atoms with Crippen molar-refractivity contribution in [1.29, 1.82) is 0 Å². The summed E-state index contributed by atoms with van der Waals surface area (Å²) in [5.74, 6) is -2.98. The second-order valence-electron chi connectivity index (χ2n) is 4.87. The monoisotopic (exact) mass is 363 g/mol. The van der Waals surface area contributed by atoms with E-state index < -0.39 is 23.6 Å². The number of aliphatic imine (C=N–C) groups is 1. The lowest BCUT2D eigenvalue weighted by Gasteiger charge is -2.27. The molecule has 0 saturated heterocycles. The summed E-state index contributed by atoms with van der Waals surface area (Å²) in [5, 5.41) is 9.73. The molecule has 23 heavy (non-hydrogen) atoms. The van der Waals surface area contributed by atoms with Crippen molar-refractivity contribution in [3.05, 3.63) is 45.9 Å². The van der Waals surface area contributed by atoms with Crippen LogP contribution in [0.1, 0.15) is 0 Å². The van der Waals surface area contributed by atoms with Gasteiger partial charge in [0.25, 0.3) is 0 Å². The van der Waals surface area contributed by atoms with Gasteiger partial charge in [0, 0.05) is 17.9 Å². The van der Waals surface area contributed by atoms with Gasteiger partial charge < -0.3 is 9.84 Å². The molecule has 2 aliphatic heterocycles. The van der Waals surface area contributed by atoms with Gasteiger partial charge >= 0.3 is 12.1 Å². The molecular formula is C14H9ClF3NO3S. The first kappa shape index (κ1) is 16.2. The van der Waals surface area contributed by atoms with E-state index >= 15 is 0 Å². The van der Waals surface area contributed by atoms with Gasteiger partial charge in [-0.05, 0) is 18.2 Å². The summed E-state index contributed by atoms with van der Waals surface area (Å²) in [6.07, 6.45) is -1.63. The number of hydrogen-bond acceptors (Lipinski definition) is 4. The summed E-state index contributed by atoms with van der Waals surface area (Å²) in [5.41, 5.74) is -0.572. The summed E-state index contributed by atoms with van der Waals surface area (Å²) in [6.45, 7) is 0.584. The molecule has 1 unspecified atom stereocenters. The molecule has 0 bridgehead atoms. The van der Waals surface area contributed by atoms with Gasteiger partial charge in [0.05, 0.1) is 10.6 Å². The van der Waals surface area contributed by atoms with Gasteiger partial charge in [-0.2, -0.15) is 13.2 Å². The second-order valence-corrected chi connectivity index (χ2v) is 6.36. The van der Waals surface area contributed by atoms with Crippen LogP contribution in [0, 0.1) is 5.92 Å². The second kappa shape index (κ2) is 5.76. The number of hydrogen-bond donors (Lipinski definition) is 1. The van der Waals surface area contributed by atoms with Crippen LogP contribution in [0.3, 0.4) is 0 Å². The largest absolute Gasteiger partial charge is 0.478 e. The zero-order valence-electron chi connectivity index (χ0n) is 11.4. The van der Waals surface area contributed by atoms with Crippen molar-refractivity contribution in [3.8, 4) is 0 Å².